The number of hydrogen-bond donors (Lipinski definition) is 0. The third-order valence-electron chi connectivity index (χ3n) is 5.00. The van der Waals surface area contributed by atoms with Crippen LogP contribution in [0.25, 0.3) is 0 Å². The summed E-state index contributed by atoms with van der Waals surface area (Å²) >= 11 is 0. The Morgan fingerprint density at radius 2 is 1.52 bits per heavy atom. The summed E-state index contributed by atoms with van der Waals surface area (Å²) in [6.07, 6.45) is 0.137. The van der Waals surface area contributed by atoms with Gasteiger partial charge in [0.05, 0.1) is 19.1 Å². The van der Waals surface area contributed by atoms with Crippen LogP contribution in [-0.4, -0.2) is 33.7 Å². The lowest BCUT2D eigenvalue weighted by atomic mass is 9.87. The van der Waals surface area contributed by atoms with Crippen LogP contribution in [0, 0.1) is 0 Å². The zero-order chi connectivity index (χ0) is 20.0. The number of carbonyl (C=O) groups excluding carboxylic acids is 1. The summed E-state index contributed by atoms with van der Waals surface area (Å²) in [7, 11) is -0.801. The Bertz CT molecular complexity index is 982. The van der Waals surface area contributed by atoms with Crippen molar-refractivity contribution in [3.63, 3.8) is 0 Å². The summed E-state index contributed by atoms with van der Waals surface area (Å²) in [5.41, 5.74) is 2.01. The van der Waals surface area contributed by atoms with Crippen molar-refractivity contribution < 1.29 is 22.7 Å². The van der Waals surface area contributed by atoms with Gasteiger partial charge in [-0.05, 0) is 47.2 Å². The van der Waals surface area contributed by atoms with Crippen molar-refractivity contribution in [3.8, 4) is 11.5 Å². The molecule has 1 aliphatic rings. The minimum atomic E-state index is -3.79. The number of methoxy groups -OCH3 is 2. The summed E-state index contributed by atoms with van der Waals surface area (Å²) < 4.78 is 36.7. The molecule has 0 bridgehead atoms. The average Bonchev–Trinajstić information content (AvgIpc) is 2.96. The normalized spacial score (nSPS) is 16.9. The maximum Gasteiger partial charge on any atom is 0.189 e. The molecule has 0 saturated heterocycles. The highest BCUT2D eigenvalue weighted by molar-refractivity contribution is 7.92. The molecule has 0 unspecified atom stereocenters. The molecule has 0 fully saturated rings. The Labute approximate surface area is 160 Å². The van der Waals surface area contributed by atoms with Gasteiger partial charge in [0.25, 0.3) is 0 Å². The predicted molar refractivity (Wildman–Crippen MR) is 104 cm³/mol. The van der Waals surface area contributed by atoms with Gasteiger partial charge in [-0.25, -0.2) is 8.42 Å². The van der Waals surface area contributed by atoms with E-state index in [0.717, 1.165) is 5.56 Å². The van der Waals surface area contributed by atoms with Crippen LogP contribution >= 0.6 is 0 Å². The summed E-state index contributed by atoms with van der Waals surface area (Å²) in [6.45, 7) is 6.19. The van der Waals surface area contributed by atoms with Crippen molar-refractivity contribution in [1.29, 1.82) is 0 Å². The second-order valence-electron chi connectivity index (χ2n) is 7.74. The Morgan fingerprint density at radius 1 is 0.963 bits per heavy atom. The first-order chi connectivity index (χ1) is 12.6. The van der Waals surface area contributed by atoms with Gasteiger partial charge in [0.15, 0.2) is 27.1 Å². The van der Waals surface area contributed by atoms with E-state index in [9.17, 15) is 13.2 Å². The maximum absolute atomic E-state index is 13.1. The number of sulfone groups is 1. The molecule has 1 atom stereocenters. The van der Waals surface area contributed by atoms with Gasteiger partial charge >= 0.3 is 0 Å². The predicted octanol–water partition coefficient (Wildman–Crippen LogP) is 3.58. The van der Waals surface area contributed by atoms with Crippen LogP contribution in [0.2, 0.25) is 0 Å². The summed E-state index contributed by atoms with van der Waals surface area (Å²) in [5.74, 6) is 0.500. The van der Waals surface area contributed by atoms with Gasteiger partial charge in [-0.3, -0.25) is 4.79 Å². The van der Waals surface area contributed by atoms with Crippen LogP contribution in [0.3, 0.4) is 0 Å². The summed E-state index contributed by atoms with van der Waals surface area (Å²) in [6, 6.07) is 10.1. The molecule has 0 heterocycles. The van der Waals surface area contributed by atoms with Gasteiger partial charge in [-0.15, -0.1) is 0 Å². The molecule has 0 radical (unpaired) electrons. The Morgan fingerprint density at radius 3 is 2.04 bits per heavy atom. The van der Waals surface area contributed by atoms with Crippen molar-refractivity contribution in [3.05, 3.63) is 53.1 Å². The van der Waals surface area contributed by atoms with Gasteiger partial charge in [-0.1, -0.05) is 32.9 Å². The first-order valence-electron chi connectivity index (χ1n) is 8.73. The molecule has 5 nitrogen and oxygen atoms in total. The number of benzene rings is 2. The van der Waals surface area contributed by atoms with Crippen molar-refractivity contribution >= 4 is 15.6 Å². The molecule has 27 heavy (non-hydrogen) atoms. The molecule has 0 spiro atoms. The van der Waals surface area contributed by atoms with Crippen LogP contribution in [0.1, 0.15) is 42.3 Å². The molecular weight excluding hydrogens is 364 g/mol. The zero-order valence-corrected chi connectivity index (χ0v) is 17.0. The quantitative estimate of drug-likeness (QED) is 0.801. The van der Waals surface area contributed by atoms with Gasteiger partial charge in [0, 0.05) is 5.56 Å². The molecule has 3 rings (SSSR count). The Kier molecular flexibility index (Phi) is 4.80. The molecule has 0 saturated carbocycles. The van der Waals surface area contributed by atoms with Crippen LogP contribution in [-0.2, 0) is 21.7 Å². The molecule has 1 aliphatic carbocycles. The monoisotopic (exact) mass is 388 g/mol. The van der Waals surface area contributed by atoms with Crippen molar-refractivity contribution in [2.45, 2.75) is 42.8 Å². The van der Waals surface area contributed by atoms with Crippen LogP contribution < -0.4 is 9.47 Å². The second-order valence-corrected chi connectivity index (χ2v) is 9.87. The zero-order valence-electron chi connectivity index (χ0n) is 16.2. The average molecular weight is 388 g/mol. The number of carbonyl (C=O) groups is 1. The number of ether oxygens (including phenoxy) is 2. The van der Waals surface area contributed by atoms with E-state index in [0.29, 0.717) is 22.6 Å². The first kappa shape index (κ1) is 19.4. The molecule has 6 heteroatoms. The Hall–Kier alpha value is -2.34. The lowest BCUT2D eigenvalue weighted by molar-refractivity contribution is 0.0997. The van der Waals surface area contributed by atoms with Gasteiger partial charge in [-0.2, -0.15) is 0 Å². The van der Waals surface area contributed by atoms with Gasteiger partial charge < -0.3 is 9.47 Å². The lowest BCUT2D eigenvalue weighted by Gasteiger charge is -2.19. The summed E-state index contributed by atoms with van der Waals surface area (Å²) in [5, 5.41) is -1.12. The van der Waals surface area contributed by atoms with Crippen LogP contribution in [0.5, 0.6) is 11.5 Å². The molecule has 0 aliphatic heterocycles. The molecule has 144 valence electrons. The fraction of sp³-hybridized carbons (Fsp3) is 0.381. The van der Waals surface area contributed by atoms with Gasteiger partial charge in [0.1, 0.15) is 5.25 Å². The third kappa shape index (κ3) is 3.34. The fourth-order valence-corrected chi connectivity index (χ4v) is 5.00. The largest absolute Gasteiger partial charge is 0.493 e. The number of Topliss-reactive ketones (excluding diaryl/α,β-unsaturated/α-hetero) is 1. The van der Waals surface area contributed by atoms with E-state index >= 15 is 0 Å². The molecule has 2 aromatic rings. The van der Waals surface area contributed by atoms with E-state index in [-0.39, 0.29) is 16.7 Å². The van der Waals surface area contributed by atoms with Crippen molar-refractivity contribution in [2.75, 3.05) is 14.2 Å². The van der Waals surface area contributed by atoms with E-state index in [1.165, 1.54) is 14.2 Å². The molecule has 2 aromatic carbocycles. The summed E-state index contributed by atoms with van der Waals surface area (Å²) in [4.78, 5) is 13.0. The minimum absolute atomic E-state index is 0.0746. The number of ketones is 1. The molecule has 0 N–H and O–H groups in total. The highest BCUT2D eigenvalue weighted by Crippen LogP contribution is 2.38. The highest BCUT2D eigenvalue weighted by atomic mass is 32.2. The lowest BCUT2D eigenvalue weighted by Crippen LogP contribution is -2.27. The molecule has 0 aromatic heterocycles. The first-order valence-corrected chi connectivity index (χ1v) is 10.3. The topological polar surface area (TPSA) is 69.7 Å². The SMILES string of the molecule is COc1cc2c(cc1OC)C(=O)[C@H](S(=O)(=O)c1ccc(C(C)(C)C)cc1)C2. The van der Waals surface area contributed by atoms with Crippen LogP contribution in [0.4, 0.5) is 0 Å². The highest BCUT2D eigenvalue weighted by Gasteiger charge is 2.41. The number of rotatable bonds is 4. The molecule has 0 amide bonds. The number of fused-ring (bicyclic) bond motifs is 1. The van der Waals surface area contributed by atoms with E-state index < -0.39 is 20.9 Å². The smallest absolute Gasteiger partial charge is 0.189 e. The second kappa shape index (κ2) is 6.68. The van der Waals surface area contributed by atoms with Gasteiger partial charge in [0.2, 0.25) is 0 Å². The Balaban J connectivity index is 1.98. The van der Waals surface area contributed by atoms with E-state index in [1.54, 1.807) is 24.3 Å². The van der Waals surface area contributed by atoms with Crippen LogP contribution in [0.15, 0.2) is 41.3 Å². The van der Waals surface area contributed by atoms with Crippen molar-refractivity contribution in [1.82, 2.24) is 0 Å². The fourth-order valence-electron chi connectivity index (χ4n) is 3.34. The van der Waals surface area contributed by atoms with E-state index in [1.807, 2.05) is 12.1 Å². The number of hydrogen-bond acceptors (Lipinski definition) is 5. The molecular formula is C21H24O5S. The van der Waals surface area contributed by atoms with Crippen molar-refractivity contribution in [2.24, 2.45) is 0 Å². The van der Waals surface area contributed by atoms with E-state index in [4.69, 9.17) is 9.47 Å². The minimum Gasteiger partial charge on any atom is -0.493 e. The third-order valence-corrected chi connectivity index (χ3v) is 7.06. The van der Waals surface area contributed by atoms with E-state index in [2.05, 4.69) is 20.8 Å². The standard InChI is InChI=1S/C21H24O5S/c1-21(2,3)14-6-8-15(9-7-14)27(23,24)19-11-13-10-17(25-4)18(26-5)12-16(13)20(19)22/h6-10,12,19H,11H2,1-5H3/t19-/m1/s1. The maximum atomic E-state index is 13.1.